The van der Waals surface area contributed by atoms with Gasteiger partial charge in [0, 0.05) is 25.2 Å². The Morgan fingerprint density at radius 1 is 1.32 bits per heavy atom. The summed E-state index contributed by atoms with van der Waals surface area (Å²) < 4.78 is 32.0. The Labute approximate surface area is 122 Å². The standard InChI is InChI=1S/C12H24N2O3S.ClH/c1-10(13)12-6-2-3-7-14(12)18(15,16)9-11-5-4-8-17-11;/h10-12H,2-9,13H2,1H3;1H. The van der Waals surface area contributed by atoms with E-state index in [4.69, 9.17) is 10.5 Å². The molecule has 2 rings (SSSR count). The second kappa shape index (κ2) is 7.22. The van der Waals surface area contributed by atoms with E-state index in [0.29, 0.717) is 13.2 Å². The van der Waals surface area contributed by atoms with Gasteiger partial charge >= 0.3 is 0 Å². The van der Waals surface area contributed by atoms with Crippen molar-refractivity contribution in [2.75, 3.05) is 18.9 Å². The van der Waals surface area contributed by atoms with Crippen LogP contribution in [0.3, 0.4) is 0 Å². The summed E-state index contributed by atoms with van der Waals surface area (Å²) in [6.45, 7) is 3.20. The summed E-state index contributed by atoms with van der Waals surface area (Å²) in [5.41, 5.74) is 5.93. The predicted octanol–water partition coefficient (Wildman–Crippen LogP) is 1.12. The van der Waals surface area contributed by atoms with Gasteiger partial charge < -0.3 is 10.5 Å². The monoisotopic (exact) mass is 312 g/mol. The molecule has 0 aromatic carbocycles. The first-order chi connectivity index (χ1) is 8.50. The largest absolute Gasteiger partial charge is 0.377 e. The lowest BCUT2D eigenvalue weighted by atomic mass is 10.00. The zero-order valence-corrected chi connectivity index (χ0v) is 13.1. The van der Waals surface area contributed by atoms with Crippen molar-refractivity contribution < 1.29 is 13.2 Å². The Morgan fingerprint density at radius 2 is 2.05 bits per heavy atom. The molecule has 5 nitrogen and oxygen atoms in total. The molecule has 0 radical (unpaired) electrons. The van der Waals surface area contributed by atoms with Crippen LogP contribution in [-0.4, -0.2) is 49.8 Å². The molecule has 2 fully saturated rings. The van der Waals surface area contributed by atoms with Gasteiger partial charge in [0.05, 0.1) is 11.9 Å². The van der Waals surface area contributed by atoms with Gasteiger partial charge in [-0.3, -0.25) is 0 Å². The molecule has 2 saturated heterocycles. The molecular formula is C12H25ClN2O3S. The second-order valence-electron chi connectivity index (χ2n) is 5.45. The minimum absolute atomic E-state index is 0. The van der Waals surface area contributed by atoms with E-state index in [-0.39, 0.29) is 36.3 Å². The fraction of sp³-hybridized carbons (Fsp3) is 1.00. The van der Waals surface area contributed by atoms with E-state index in [0.717, 1.165) is 32.1 Å². The fourth-order valence-electron chi connectivity index (χ4n) is 2.91. The second-order valence-corrected chi connectivity index (χ2v) is 7.41. The molecule has 7 heteroatoms. The molecule has 19 heavy (non-hydrogen) atoms. The number of hydrogen-bond acceptors (Lipinski definition) is 4. The zero-order chi connectivity index (χ0) is 13.2. The maximum atomic E-state index is 12.4. The summed E-state index contributed by atoms with van der Waals surface area (Å²) in [7, 11) is -3.23. The average molecular weight is 313 g/mol. The Morgan fingerprint density at radius 3 is 2.63 bits per heavy atom. The van der Waals surface area contributed by atoms with Gasteiger partial charge in [0.1, 0.15) is 0 Å². The van der Waals surface area contributed by atoms with E-state index >= 15 is 0 Å². The number of nitrogens with two attached hydrogens (primary N) is 1. The van der Waals surface area contributed by atoms with E-state index < -0.39 is 10.0 Å². The highest BCUT2D eigenvalue weighted by Gasteiger charge is 2.36. The molecule has 2 heterocycles. The van der Waals surface area contributed by atoms with Crippen LogP contribution in [0.15, 0.2) is 0 Å². The van der Waals surface area contributed by atoms with Gasteiger partial charge in [0.2, 0.25) is 10.0 Å². The number of ether oxygens (including phenoxy) is 1. The van der Waals surface area contributed by atoms with Crippen LogP contribution in [-0.2, 0) is 14.8 Å². The molecule has 0 amide bonds. The summed E-state index contributed by atoms with van der Waals surface area (Å²) in [4.78, 5) is 0. The highest BCUT2D eigenvalue weighted by Crippen LogP contribution is 2.24. The van der Waals surface area contributed by atoms with Gasteiger partial charge in [-0.2, -0.15) is 4.31 Å². The first kappa shape index (κ1) is 17.2. The third-order valence-electron chi connectivity index (χ3n) is 3.88. The average Bonchev–Trinajstić information content (AvgIpc) is 2.81. The molecule has 2 aliphatic rings. The molecule has 0 aliphatic carbocycles. The summed E-state index contributed by atoms with van der Waals surface area (Å²) in [5.74, 6) is 0.121. The minimum atomic E-state index is -3.23. The van der Waals surface area contributed by atoms with Crippen molar-refractivity contribution in [2.45, 2.75) is 57.2 Å². The molecule has 2 N–H and O–H groups in total. The SMILES string of the molecule is CC(N)C1CCCCN1S(=O)(=O)CC1CCCO1.Cl. The Kier molecular flexibility index (Phi) is 6.53. The minimum Gasteiger partial charge on any atom is -0.377 e. The van der Waals surface area contributed by atoms with Crippen molar-refractivity contribution in [3.8, 4) is 0 Å². The van der Waals surface area contributed by atoms with E-state index in [1.807, 2.05) is 6.92 Å². The smallest absolute Gasteiger partial charge is 0.216 e. The van der Waals surface area contributed by atoms with Crippen LogP contribution in [0.2, 0.25) is 0 Å². The molecule has 2 aliphatic heterocycles. The van der Waals surface area contributed by atoms with Crippen LogP contribution in [0.5, 0.6) is 0 Å². The van der Waals surface area contributed by atoms with Gasteiger partial charge in [0.25, 0.3) is 0 Å². The lowest BCUT2D eigenvalue weighted by Crippen LogP contribution is -2.53. The summed E-state index contributed by atoms with van der Waals surface area (Å²) >= 11 is 0. The Hall–Kier alpha value is 0.120. The van der Waals surface area contributed by atoms with Crippen LogP contribution in [0.1, 0.15) is 39.0 Å². The molecule has 114 valence electrons. The lowest BCUT2D eigenvalue weighted by molar-refractivity contribution is 0.125. The molecular weight excluding hydrogens is 288 g/mol. The maximum Gasteiger partial charge on any atom is 0.216 e. The summed E-state index contributed by atoms with van der Waals surface area (Å²) in [6.07, 6.45) is 4.59. The van der Waals surface area contributed by atoms with Crippen molar-refractivity contribution >= 4 is 22.4 Å². The molecule has 3 atom stereocenters. The van der Waals surface area contributed by atoms with Crippen LogP contribution < -0.4 is 5.73 Å². The van der Waals surface area contributed by atoms with Crippen LogP contribution in [0.4, 0.5) is 0 Å². The third-order valence-corrected chi connectivity index (χ3v) is 5.84. The molecule has 3 unspecified atom stereocenters. The van der Waals surface area contributed by atoms with E-state index in [1.165, 1.54) is 0 Å². The molecule has 0 bridgehead atoms. The van der Waals surface area contributed by atoms with Gasteiger partial charge in [0.15, 0.2) is 0 Å². The molecule has 0 aromatic rings. The van der Waals surface area contributed by atoms with Crippen molar-refractivity contribution in [3.63, 3.8) is 0 Å². The van der Waals surface area contributed by atoms with Crippen molar-refractivity contribution in [1.29, 1.82) is 0 Å². The van der Waals surface area contributed by atoms with Crippen LogP contribution >= 0.6 is 12.4 Å². The predicted molar refractivity (Wildman–Crippen MR) is 78.0 cm³/mol. The molecule has 0 saturated carbocycles. The van der Waals surface area contributed by atoms with Crippen LogP contribution in [0, 0.1) is 0 Å². The summed E-state index contributed by atoms with van der Waals surface area (Å²) in [6, 6.07) is -0.144. The van der Waals surface area contributed by atoms with E-state index in [1.54, 1.807) is 4.31 Å². The van der Waals surface area contributed by atoms with Gasteiger partial charge in [-0.05, 0) is 32.6 Å². The van der Waals surface area contributed by atoms with E-state index in [9.17, 15) is 8.42 Å². The van der Waals surface area contributed by atoms with Gasteiger partial charge in [-0.1, -0.05) is 6.42 Å². The highest BCUT2D eigenvalue weighted by molar-refractivity contribution is 7.89. The summed E-state index contributed by atoms with van der Waals surface area (Å²) in [5, 5.41) is 0. The quantitative estimate of drug-likeness (QED) is 0.844. The Bertz CT molecular complexity index is 369. The topological polar surface area (TPSA) is 72.6 Å². The number of piperidine rings is 1. The first-order valence-electron chi connectivity index (χ1n) is 6.87. The van der Waals surface area contributed by atoms with E-state index in [2.05, 4.69) is 0 Å². The normalized spacial score (nSPS) is 30.8. The number of halogens is 1. The Balaban J connectivity index is 0.00000180. The zero-order valence-electron chi connectivity index (χ0n) is 11.5. The van der Waals surface area contributed by atoms with Gasteiger partial charge in [-0.15, -0.1) is 12.4 Å². The first-order valence-corrected chi connectivity index (χ1v) is 8.48. The van der Waals surface area contributed by atoms with Crippen molar-refractivity contribution in [2.24, 2.45) is 5.73 Å². The number of rotatable bonds is 4. The molecule has 0 spiro atoms. The highest BCUT2D eigenvalue weighted by atomic mass is 35.5. The third kappa shape index (κ3) is 4.29. The number of sulfonamides is 1. The van der Waals surface area contributed by atoms with Crippen molar-refractivity contribution in [3.05, 3.63) is 0 Å². The molecule has 0 aromatic heterocycles. The maximum absolute atomic E-state index is 12.4. The van der Waals surface area contributed by atoms with Crippen molar-refractivity contribution in [1.82, 2.24) is 4.31 Å². The van der Waals surface area contributed by atoms with Crippen LogP contribution in [0.25, 0.3) is 0 Å². The number of hydrogen-bond donors (Lipinski definition) is 1. The lowest BCUT2D eigenvalue weighted by Gasteiger charge is -2.37. The van der Waals surface area contributed by atoms with Gasteiger partial charge in [-0.25, -0.2) is 8.42 Å². The fourth-order valence-corrected chi connectivity index (χ4v) is 4.95. The number of nitrogens with zero attached hydrogens (tertiary/aromatic N) is 1.